The maximum atomic E-state index is 11.9. The highest BCUT2D eigenvalue weighted by Gasteiger charge is 2.20. The molecule has 0 unspecified atom stereocenters. The molecule has 0 fully saturated rings. The average molecular weight is 343 g/mol. The van der Waals surface area contributed by atoms with Crippen molar-refractivity contribution in [1.29, 1.82) is 0 Å². The van der Waals surface area contributed by atoms with Crippen molar-refractivity contribution in [3.05, 3.63) is 77.5 Å². The highest BCUT2D eigenvalue weighted by molar-refractivity contribution is 6.04. The van der Waals surface area contributed by atoms with Crippen molar-refractivity contribution in [2.45, 2.75) is 13.8 Å². The summed E-state index contributed by atoms with van der Waals surface area (Å²) in [4.78, 5) is 16.6. The van der Waals surface area contributed by atoms with Gasteiger partial charge in [0.25, 0.3) is 0 Å². The number of hydrogen-bond donors (Lipinski definition) is 1. The van der Waals surface area contributed by atoms with E-state index in [1.54, 1.807) is 17.7 Å². The van der Waals surface area contributed by atoms with Gasteiger partial charge in [-0.1, -0.05) is 48.0 Å². The fourth-order valence-electron chi connectivity index (χ4n) is 3.08. The van der Waals surface area contributed by atoms with Gasteiger partial charge in [0, 0.05) is 5.56 Å². The lowest BCUT2D eigenvalue weighted by Gasteiger charge is -2.07. The van der Waals surface area contributed by atoms with Crippen molar-refractivity contribution in [2.75, 3.05) is 0 Å². The summed E-state index contributed by atoms with van der Waals surface area (Å²) in [5, 5.41) is 14.8. The van der Waals surface area contributed by atoms with Gasteiger partial charge in [0.15, 0.2) is 5.65 Å². The van der Waals surface area contributed by atoms with Crippen LogP contribution in [0.4, 0.5) is 0 Å². The molecule has 5 heteroatoms. The number of aromatic nitrogens is 3. The minimum absolute atomic E-state index is 0.213. The summed E-state index contributed by atoms with van der Waals surface area (Å²) in [5.74, 6) is -0.985. The van der Waals surface area contributed by atoms with E-state index in [0.717, 1.165) is 16.8 Å². The van der Waals surface area contributed by atoms with Crippen LogP contribution in [0.5, 0.6) is 0 Å². The van der Waals surface area contributed by atoms with Crippen molar-refractivity contribution >= 4 is 17.0 Å². The summed E-state index contributed by atoms with van der Waals surface area (Å²) >= 11 is 0. The second-order valence-electron chi connectivity index (χ2n) is 6.26. The second kappa shape index (κ2) is 6.11. The van der Waals surface area contributed by atoms with Crippen LogP contribution in [0.3, 0.4) is 0 Å². The summed E-state index contributed by atoms with van der Waals surface area (Å²) in [6.45, 7) is 3.82. The highest BCUT2D eigenvalue weighted by atomic mass is 16.4. The van der Waals surface area contributed by atoms with Gasteiger partial charge in [0.2, 0.25) is 0 Å². The molecule has 0 aliphatic rings. The molecule has 4 rings (SSSR count). The average Bonchev–Trinajstić information content (AvgIpc) is 2.99. The van der Waals surface area contributed by atoms with Crippen molar-refractivity contribution in [2.24, 2.45) is 0 Å². The number of rotatable bonds is 3. The number of carboxylic acid groups (broad SMARTS) is 1. The first-order valence-corrected chi connectivity index (χ1v) is 8.31. The van der Waals surface area contributed by atoms with Crippen LogP contribution >= 0.6 is 0 Å². The zero-order valence-electron chi connectivity index (χ0n) is 14.5. The number of para-hydroxylation sites is 1. The Hall–Kier alpha value is -3.47. The maximum absolute atomic E-state index is 11.9. The van der Waals surface area contributed by atoms with Crippen LogP contribution in [0, 0.1) is 13.8 Å². The fraction of sp³-hybridized carbons (Fsp3) is 0.0952. The molecule has 2 heterocycles. The number of nitrogens with zero attached hydrogens (tertiary/aromatic N) is 3. The Morgan fingerprint density at radius 2 is 1.69 bits per heavy atom. The molecule has 0 bridgehead atoms. The molecular weight excluding hydrogens is 326 g/mol. The molecule has 0 spiro atoms. The Balaban J connectivity index is 2.04. The Morgan fingerprint density at radius 3 is 2.35 bits per heavy atom. The molecule has 0 aliphatic carbocycles. The van der Waals surface area contributed by atoms with Gasteiger partial charge in [-0.2, -0.15) is 5.10 Å². The molecular formula is C21H17N3O2. The van der Waals surface area contributed by atoms with E-state index < -0.39 is 5.97 Å². The Kier molecular flexibility index (Phi) is 3.77. The molecule has 0 amide bonds. The van der Waals surface area contributed by atoms with E-state index in [4.69, 9.17) is 4.98 Å². The number of aryl methyl sites for hydroxylation is 2. The second-order valence-corrected chi connectivity index (χ2v) is 6.26. The summed E-state index contributed by atoms with van der Waals surface area (Å²) in [6.07, 6.45) is 0. The molecule has 1 N–H and O–H groups in total. The normalized spacial score (nSPS) is 11.0. The van der Waals surface area contributed by atoms with Gasteiger partial charge in [-0.25, -0.2) is 14.5 Å². The zero-order chi connectivity index (χ0) is 18.3. The Labute approximate surface area is 150 Å². The van der Waals surface area contributed by atoms with E-state index in [1.165, 1.54) is 0 Å². The third-order valence-corrected chi connectivity index (χ3v) is 4.39. The minimum atomic E-state index is -0.985. The zero-order valence-corrected chi connectivity index (χ0v) is 14.5. The fourth-order valence-corrected chi connectivity index (χ4v) is 3.08. The number of carbonyl (C=O) groups is 1. The highest BCUT2D eigenvalue weighted by Crippen LogP contribution is 2.28. The summed E-state index contributed by atoms with van der Waals surface area (Å²) in [5.41, 5.74) is 4.87. The molecule has 0 saturated carbocycles. The van der Waals surface area contributed by atoms with Gasteiger partial charge in [-0.05, 0) is 32.0 Å². The van der Waals surface area contributed by atoms with Crippen LogP contribution in [0.15, 0.2) is 60.7 Å². The molecule has 2 aromatic carbocycles. The molecule has 0 radical (unpaired) electrons. The molecule has 26 heavy (non-hydrogen) atoms. The lowest BCUT2D eigenvalue weighted by Crippen LogP contribution is -2.02. The van der Waals surface area contributed by atoms with Crippen molar-refractivity contribution < 1.29 is 9.90 Å². The quantitative estimate of drug-likeness (QED) is 0.598. The predicted octanol–water partition coefficient (Wildman–Crippen LogP) is 4.40. The Bertz CT molecular complexity index is 1110. The van der Waals surface area contributed by atoms with Crippen LogP contribution < -0.4 is 0 Å². The van der Waals surface area contributed by atoms with Gasteiger partial charge < -0.3 is 5.11 Å². The van der Waals surface area contributed by atoms with Crippen LogP contribution in [0.2, 0.25) is 0 Å². The summed E-state index contributed by atoms with van der Waals surface area (Å²) in [6, 6.07) is 19.1. The van der Waals surface area contributed by atoms with Gasteiger partial charge in [0.05, 0.1) is 28.0 Å². The standard InChI is InChI=1S/C21H17N3O2/c1-13-8-10-15(11-9-13)18-12-17(21(25)26)19-14(2)23-24(20(19)22-18)16-6-4-3-5-7-16/h3-12H,1-2H3,(H,25,26). The van der Waals surface area contributed by atoms with Crippen molar-refractivity contribution in [3.8, 4) is 16.9 Å². The van der Waals surface area contributed by atoms with E-state index in [0.29, 0.717) is 22.4 Å². The topological polar surface area (TPSA) is 68.0 Å². The number of carboxylic acids is 1. The predicted molar refractivity (Wildman–Crippen MR) is 101 cm³/mol. The molecule has 128 valence electrons. The number of hydrogen-bond acceptors (Lipinski definition) is 3. The van der Waals surface area contributed by atoms with Gasteiger partial charge >= 0.3 is 5.97 Å². The molecule has 0 aliphatic heterocycles. The molecule has 2 aromatic heterocycles. The lowest BCUT2D eigenvalue weighted by atomic mass is 10.0. The molecule has 4 aromatic rings. The van der Waals surface area contributed by atoms with Crippen LogP contribution in [0.1, 0.15) is 21.6 Å². The third kappa shape index (κ3) is 2.63. The van der Waals surface area contributed by atoms with E-state index in [-0.39, 0.29) is 5.56 Å². The third-order valence-electron chi connectivity index (χ3n) is 4.39. The number of fused-ring (bicyclic) bond motifs is 1. The minimum Gasteiger partial charge on any atom is -0.478 e. The lowest BCUT2D eigenvalue weighted by molar-refractivity contribution is 0.0699. The van der Waals surface area contributed by atoms with E-state index in [9.17, 15) is 9.90 Å². The van der Waals surface area contributed by atoms with E-state index >= 15 is 0 Å². The van der Waals surface area contributed by atoms with Crippen LogP contribution in [0.25, 0.3) is 28.0 Å². The monoisotopic (exact) mass is 343 g/mol. The maximum Gasteiger partial charge on any atom is 0.336 e. The van der Waals surface area contributed by atoms with Crippen molar-refractivity contribution in [1.82, 2.24) is 14.8 Å². The van der Waals surface area contributed by atoms with E-state index in [2.05, 4.69) is 5.10 Å². The first kappa shape index (κ1) is 16.0. The molecule has 0 atom stereocenters. The van der Waals surface area contributed by atoms with Crippen LogP contribution in [-0.4, -0.2) is 25.8 Å². The first-order valence-electron chi connectivity index (χ1n) is 8.31. The summed E-state index contributed by atoms with van der Waals surface area (Å²) < 4.78 is 1.70. The molecule has 5 nitrogen and oxygen atoms in total. The number of benzene rings is 2. The smallest absolute Gasteiger partial charge is 0.336 e. The van der Waals surface area contributed by atoms with Gasteiger partial charge in [0.1, 0.15) is 0 Å². The van der Waals surface area contributed by atoms with Crippen molar-refractivity contribution in [3.63, 3.8) is 0 Å². The van der Waals surface area contributed by atoms with Gasteiger partial charge in [-0.15, -0.1) is 0 Å². The number of aromatic carboxylic acids is 1. The van der Waals surface area contributed by atoms with Gasteiger partial charge in [-0.3, -0.25) is 0 Å². The SMILES string of the molecule is Cc1ccc(-c2cc(C(=O)O)c3c(C)nn(-c4ccccc4)c3n2)cc1. The molecule has 0 saturated heterocycles. The summed E-state index contributed by atoms with van der Waals surface area (Å²) in [7, 11) is 0. The largest absolute Gasteiger partial charge is 0.478 e. The van der Waals surface area contributed by atoms with Crippen LogP contribution in [-0.2, 0) is 0 Å². The Morgan fingerprint density at radius 1 is 1.00 bits per heavy atom. The number of pyridine rings is 1. The van der Waals surface area contributed by atoms with E-state index in [1.807, 2.05) is 61.5 Å². The first-order chi connectivity index (χ1) is 12.5.